The van der Waals surface area contributed by atoms with E-state index < -0.39 is 0 Å². The summed E-state index contributed by atoms with van der Waals surface area (Å²) in [6.07, 6.45) is 1.69. The Labute approximate surface area is 111 Å². The molecule has 1 fully saturated rings. The summed E-state index contributed by atoms with van der Waals surface area (Å²) in [4.78, 5) is 12.1. The Morgan fingerprint density at radius 1 is 1.56 bits per heavy atom. The molecule has 0 saturated heterocycles. The fraction of sp³-hybridized carbons (Fsp3) is 0.462. The number of hydrogen-bond acceptors (Lipinski definition) is 3. The summed E-state index contributed by atoms with van der Waals surface area (Å²) in [5.74, 6) is 0.557. The Kier molecular flexibility index (Phi) is 3.50. The first-order chi connectivity index (χ1) is 8.52. The fourth-order valence-electron chi connectivity index (χ4n) is 1.85. The van der Waals surface area contributed by atoms with Crippen LogP contribution in [0.1, 0.15) is 18.4 Å². The molecule has 0 bridgehead atoms. The molecule has 98 valence electrons. The van der Waals surface area contributed by atoms with Crippen molar-refractivity contribution in [1.82, 2.24) is 0 Å². The lowest BCUT2D eigenvalue weighted by atomic mass is 10.1. The van der Waals surface area contributed by atoms with Crippen LogP contribution in [0.3, 0.4) is 0 Å². The Morgan fingerprint density at radius 2 is 2.22 bits per heavy atom. The molecular formula is C13H17ClN2O2. The molecule has 1 amide bonds. The molecule has 2 rings (SSSR count). The summed E-state index contributed by atoms with van der Waals surface area (Å²) in [6.45, 7) is 2.26. The highest BCUT2D eigenvalue weighted by Crippen LogP contribution is 2.46. The van der Waals surface area contributed by atoms with Crippen LogP contribution < -0.4 is 15.8 Å². The zero-order valence-electron chi connectivity index (χ0n) is 10.5. The van der Waals surface area contributed by atoms with Gasteiger partial charge in [-0.2, -0.15) is 0 Å². The van der Waals surface area contributed by atoms with E-state index in [1.54, 1.807) is 19.2 Å². The number of aryl methyl sites for hydroxylation is 1. The van der Waals surface area contributed by atoms with Gasteiger partial charge >= 0.3 is 0 Å². The van der Waals surface area contributed by atoms with Crippen LogP contribution in [0.4, 0.5) is 5.69 Å². The largest absolute Gasteiger partial charge is 0.495 e. The Balaban J connectivity index is 2.23. The molecule has 1 aromatic rings. The molecule has 3 N–H and O–H groups in total. The summed E-state index contributed by atoms with van der Waals surface area (Å²) < 4.78 is 5.24. The first kappa shape index (κ1) is 13.2. The Hall–Kier alpha value is -1.26. The van der Waals surface area contributed by atoms with E-state index >= 15 is 0 Å². The molecule has 0 unspecified atom stereocenters. The lowest BCUT2D eigenvalue weighted by Crippen LogP contribution is -2.31. The van der Waals surface area contributed by atoms with Crippen LogP contribution in [0.2, 0.25) is 5.02 Å². The number of amides is 1. The molecule has 4 nitrogen and oxygen atoms in total. The van der Waals surface area contributed by atoms with E-state index in [0.717, 1.165) is 18.4 Å². The van der Waals surface area contributed by atoms with Crippen LogP contribution >= 0.6 is 11.6 Å². The van der Waals surface area contributed by atoms with Gasteiger partial charge in [0.05, 0.1) is 18.2 Å². The number of carbonyl (C=O) groups is 1. The number of rotatable bonds is 4. The molecule has 1 aromatic carbocycles. The summed E-state index contributed by atoms with van der Waals surface area (Å²) in [6, 6.07) is 3.51. The van der Waals surface area contributed by atoms with Crippen molar-refractivity contribution in [3.05, 3.63) is 22.7 Å². The number of nitrogens with one attached hydrogen (secondary N) is 1. The fourth-order valence-corrected chi connectivity index (χ4v) is 2.01. The van der Waals surface area contributed by atoms with Gasteiger partial charge < -0.3 is 15.8 Å². The highest BCUT2D eigenvalue weighted by molar-refractivity contribution is 6.31. The number of anilines is 1. The SMILES string of the molecule is COc1cc(C)c(Cl)cc1NC(=O)C1(CN)CC1. The zero-order chi connectivity index (χ0) is 13.3. The van der Waals surface area contributed by atoms with Crippen LogP contribution in [-0.4, -0.2) is 19.6 Å². The lowest BCUT2D eigenvalue weighted by Gasteiger charge is -2.16. The standard InChI is InChI=1S/C13H17ClN2O2/c1-8-5-11(18-2)10(6-9(8)14)16-12(17)13(7-15)3-4-13/h5-6H,3-4,7,15H2,1-2H3,(H,16,17). The lowest BCUT2D eigenvalue weighted by molar-refractivity contribution is -0.120. The number of carbonyl (C=O) groups excluding carboxylic acids is 1. The Morgan fingerprint density at radius 3 is 2.72 bits per heavy atom. The van der Waals surface area contributed by atoms with Crippen molar-refractivity contribution >= 4 is 23.2 Å². The maximum atomic E-state index is 12.1. The quantitative estimate of drug-likeness (QED) is 0.881. The van der Waals surface area contributed by atoms with Gasteiger partial charge in [-0.1, -0.05) is 11.6 Å². The van der Waals surface area contributed by atoms with Crippen molar-refractivity contribution in [2.24, 2.45) is 11.1 Å². The van der Waals surface area contributed by atoms with Crippen molar-refractivity contribution in [3.63, 3.8) is 0 Å². The number of benzene rings is 1. The predicted molar refractivity (Wildman–Crippen MR) is 72.1 cm³/mol. The molecule has 1 aliphatic rings. The van der Waals surface area contributed by atoms with E-state index in [2.05, 4.69) is 5.32 Å². The third-order valence-electron chi connectivity index (χ3n) is 3.45. The third kappa shape index (κ3) is 2.31. The molecule has 1 saturated carbocycles. The van der Waals surface area contributed by atoms with Gasteiger partial charge in [0.2, 0.25) is 5.91 Å². The van der Waals surface area contributed by atoms with E-state index in [-0.39, 0.29) is 11.3 Å². The average molecular weight is 269 g/mol. The van der Waals surface area contributed by atoms with Gasteiger partial charge in [0.1, 0.15) is 5.75 Å². The summed E-state index contributed by atoms with van der Waals surface area (Å²) in [5, 5.41) is 3.46. The second-order valence-electron chi connectivity index (χ2n) is 4.74. The van der Waals surface area contributed by atoms with Crippen LogP contribution in [0.15, 0.2) is 12.1 Å². The first-order valence-corrected chi connectivity index (χ1v) is 6.26. The molecule has 0 aromatic heterocycles. The number of nitrogens with two attached hydrogens (primary N) is 1. The number of methoxy groups -OCH3 is 1. The summed E-state index contributed by atoms with van der Waals surface area (Å²) in [5.41, 5.74) is 6.75. The van der Waals surface area contributed by atoms with Gasteiger partial charge in [0.15, 0.2) is 0 Å². The minimum absolute atomic E-state index is 0.0526. The molecule has 0 aliphatic heterocycles. The Bertz CT molecular complexity index is 484. The molecule has 5 heteroatoms. The van der Waals surface area contributed by atoms with Crippen molar-refractivity contribution in [2.45, 2.75) is 19.8 Å². The van der Waals surface area contributed by atoms with Crippen molar-refractivity contribution in [3.8, 4) is 5.75 Å². The molecule has 0 heterocycles. The van der Waals surface area contributed by atoms with Crippen molar-refractivity contribution in [1.29, 1.82) is 0 Å². The zero-order valence-corrected chi connectivity index (χ0v) is 11.3. The topological polar surface area (TPSA) is 64.3 Å². The van der Waals surface area contributed by atoms with Crippen molar-refractivity contribution < 1.29 is 9.53 Å². The molecule has 0 spiro atoms. The second kappa shape index (κ2) is 4.78. The summed E-state index contributed by atoms with van der Waals surface area (Å²) in [7, 11) is 1.56. The highest BCUT2D eigenvalue weighted by atomic mass is 35.5. The van der Waals surface area contributed by atoms with E-state index in [1.165, 1.54) is 0 Å². The van der Waals surface area contributed by atoms with E-state index in [1.807, 2.05) is 6.92 Å². The number of halogens is 1. The maximum absolute atomic E-state index is 12.1. The smallest absolute Gasteiger partial charge is 0.231 e. The van der Waals surface area contributed by atoms with Gasteiger partial charge in [-0.15, -0.1) is 0 Å². The minimum Gasteiger partial charge on any atom is -0.495 e. The van der Waals surface area contributed by atoms with E-state index in [4.69, 9.17) is 22.1 Å². The van der Waals surface area contributed by atoms with Crippen LogP contribution in [0.5, 0.6) is 5.75 Å². The normalized spacial score (nSPS) is 16.2. The van der Waals surface area contributed by atoms with Crippen LogP contribution in [0.25, 0.3) is 0 Å². The van der Waals surface area contributed by atoms with Gasteiger partial charge in [0, 0.05) is 11.6 Å². The molecule has 0 radical (unpaired) electrons. The molecule has 1 aliphatic carbocycles. The number of hydrogen-bond donors (Lipinski definition) is 2. The van der Waals surface area contributed by atoms with Crippen molar-refractivity contribution in [2.75, 3.05) is 19.0 Å². The minimum atomic E-state index is -0.387. The number of ether oxygens (including phenoxy) is 1. The van der Waals surface area contributed by atoms with Crippen LogP contribution in [-0.2, 0) is 4.79 Å². The van der Waals surface area contributed by atoms with Gasteiger partial charge in [0.25, 0.3) is 0 Å². The third-order valence-corrected chi connectivity index (χ3v) is 3.86. The van der Waals surface area contributed by atoms with Crippen LogP contribution in [0, 0.1) is 12.3 Å². The van der Waals surface area contributed by atoms with Gasteiger partial charge in [-0.25, -0.2) is 0 Å². The second-order valence-corrected chi connectivity index (χ2v) is 5.15. The molecule has 18 heavy (non-hydrogen) atoms. The monoisotopic (exact) mass is 268 g/mol. The van der Waals surface area contributed by atoms with E-state index in [9.17, 15) is 4.79 Å². The average Bonchev–Trinajstić information content (AvgIpc) is 3.14. The first-order valence-electron chi connectivity index (χ1n) is 5.88. The molecular weight excluding hydrogens is 252 g/mol. The predicted octanol–water partition coefficient (Wildman–Crippen LogP) is 2.33. The van der Waals surface area contributed by atoms with E-state index in [0.29, 0.717) is 23.0 Å². The maximum Gasteiger partial charge on any atom is 0.231 e. The summed E-state index contributed by atoms with van der Waals surface area (Å²) >= 11 is 6.06. The highest BCUT2D eigenvalue weighted by Gasteiger charge is 2.48. The molecule has 0 atom stereocenters. The van der Waals surface area contributed by atoms with Gasteiger partial charge in [-0.3, -0.25) is 4.79 Å². The van der Waals surface area contributed by atoms with Gasteiger partial charge in [-0.05, 0) is 37.5 Å².